The smallest absolute Gasteiger partial charge is 0.300 e. The summed E-state index contributed by atoms with van der Waals surface area (Å²) in [6.07, 6.45) is -4.80. The van der Waals surface area contributed by atoms with Crippen molar-refractivity contribution in [2.45, 2.75) is 17.1 Å². The Balaban J connectivity index is 2.27. The van der Waals surface area contributed by atoms with Crippen molar-refractivity contribution in [3.05, 3.63) is 26.9 Å². The van der Waals surface area contributed by atoms with Crippen molar-refractivity contribution in [1.29, 1.82) is 0 Å². The van der Waals surface area contributed by atoms with Gasteiger partial charge < -0.3 is 4.98 Å². The van der Waals surface area contributed by atoms with Gasteiger partial charge in [0, 0.05) is 0 Å². The fraction of sp³-hybridized carbons (Fsp3) is 0.286. The molecule has 2 rings (SSSR count). The van der Waals surface area contributed by atoms with Gasteiger partial charge in [0.1, 0.15) is 5.02 Å². The summed E-state index contributed by atoms with van der Waals surface area (Å²) in [5, 5.41) is 11.3. The molecule has 0 unspecified atom stereocenters. The van der Waals surface area contributed by atoms with Crippen molar-refractivity contribution in [3.63, 3.8) is 0 Å². The molecule has 0 atom stereocenters. The summed E-state index contributed by atoms with van der Waals surface area (Å²) in [7, 11) is 0. The predicted molar refractivity (Wildman–Crippen MR) is 58.6 cm³/mol. The summed E-state index contributed by atoms with van der Waals surface area (Å²) >= 11 is 6.11. The Labute approximate surface area is 112 Å². The van der Waals surface area contributed by atoms with E-state index in [1.807, 2.05) is 0 Å². The van der Waals surface area contributed by atoms with Crippen LogP contribution < -0.4 is 5.56 Å². The van der Waals surface area contributed by atoms with Gasteiger partial charge in [0.2, 0.25) is 0 Å². The second-order valence-corrected chi connectivity index (χ2v) is 4.51. The van der Waals surface area contributed by atoms with Gasteiger partial charge in [-0.2, -0.15) is 13.2 Å². The Morgan fingerprint density at radius 3 is 2.68 bits per heavy atom. The third-order valence-corrected chi connectivity index (χ3v) is 3.08. The number of nitrogens with zero attached hydrogens (tertiary/aromatic N) is 4. The molecule has 0 aromatic carbocycles. The van der Waals surface area contributed by atoms with Crippen molar-refractivity contribution in [2.24, 2.45) is 0 Å². The zero-order valence-electron chi connectivity index (χ0n) is 8.82. The number of halogens is 4. The van der Waals surface area contributed by atoms with E-state index in [1.165, 1.54) is 0 Å². The molecule has 0 saturated carbocycles. The third-order valence-electron chi connectivity index (χ3n) is 1.84. The number of H-pyrrole nitrogens is 2. The first-order chi connectivity index (χ1) is 8.88. The van der Waals surface area contributed by atoms with E-state index in [-0.39, 0.29) is 10.9 Å². The van der Waals surface area contributed by atoms with Crippen LogP contribution in [-0.4, -0.2) is 30.6 Å². The molecule has 0 saturated heterocycles. The summed E-state index contributed by atoms with van der Waals surface area (Å²) in [5.74, 6) is 0.450. The van der Waals surface area contributed by atoms with Crippen LogP contribution in [0.4, 0.5) is 13.2 Å². The number of thioether (sulfide) groups is 1. The van der Waals surface area contributed by atoms with Crippen LogP contribution in [0.3, 0.4) is 0 Å². The van der Waals surface area contributed by atoms with E-state index in [9.17, 15) is 18.0 Å². The molecular weight excluding hydrogens is 309 g/mol. The molecule has 0 aliphatic rings. The minimum Gasteiger partial charge on any atom is -0.300 e. The van der Waals surface area contributed by atoms with Crippen LogP contribution in [0.2, 0.25) is 5.02 Å². The highest BCUT2D eigenvalue weighted by Crippen LogP contribution is 2.32. The highest BCUT2D eigenvalue weighted by atomic mass is 35.5. The van der Waals surface area contributed by atoms with Gasteiger partial charge in [0.25, 0.3) is 5.56 Å². The fourth-order valence-electron chi connectivity index (χ4n) is 1.07. The molecule has 0 spiro atoms. The predicted octanol–water partition coefficient (Wildman–Crippen LogP) is 1.25. The first kappa shape index (κ1) is 13.8. The minimum absolute atomic E-state index is 0.120. The van der Waals surface area contributed by atoms with Crippen LogP contribution in [-0.2, 0) is 11.9 Å². The first-order valence-electron chi connectivity index (χ1n) is 4.60. The van der Waals surface area contributed by atoms with Gasteiger partial charge in [-0.25, -0.2) is 10.1 Å². The topological polar surface area (TPSA) is 100 Å². The fourth-order valence-corrected chi connectivity index (χ4v) is 1.98. The van der Waals surface area contributed by atoms with Gasteiger partial charge in [-0.1, -0.05) is 23.4 Å². The van der Waals surface area contributed by atoms with Gasteiger partial charge in [-0.3, -0.25) is 4.79 Å². The van der Waals surface area contributed by atoms with E-state index in [1.54, 1.807) is 0 Å². The monoisotopic (exact) mass is 312 g/mol. The number of aromatic amines is 2. The van der Waals surface area contributed by atoms with Gasteiger partial charge >= 0.3 is 6.18 Å². The van der Waals surface area contributed by atoms with Gasteiger partial charge in [-0.05, 0) is 10.4 Å². The van der Waals surface area contributed by atoms with Crippen molar-refractivity contribution >= 4 is 23.4 Å². The number of rotatable bonds is 3. The Hall–Kier alpha value is -1.62. The summed E-state index contributed by atoms with van der Waals surface area (Å²) in [6.45, 7) is 0. The zero-order valence-corrected chi connectivity index (χ0v) is 10.4. The van der Waals surface area contributed by atoms with Crippen molar-refractivity contribution < 1.29 is 13.2 Å². The van der Waals surface area contributed by atoms with Crippen molar-refractivity contribution in [1.82, 2.24) is 30.6 Å². The molecule has 0 radical (unpaired) electrons. The van der Waals surface area contributed by atoms with Crippen LogP contribution in [0.1, 0.15) is 11.5 Å². The van der Waals surface area contributed by atoms with Crippen LogP contribution in [0, 0.1) is 0 Å². The quantitative estimate of drug-likeness (QED) is 0.653. The standard InChI is InChI=1S/C7H4ClF3N6OS/c8-3-4(7(9,10)11)12-6(13-5(3)18)19-1-2-14-16-17-15-2/h1H2,(H,12,13,18)(H,14,15,16,17). The van der Waals surface area contributed by atoms with Crippen molar-refractivity contribution in [2.75, 3.05) is 0 Å². The van der Waals surface area contributed by atoms with Crippen molar-refractivity contribution in [3.8, 4) is 0 Å². The summed E-state index contributed by atoms with van der Waals surface area (Å²) in [5.41, 5.74) is -2.47. The number of aromatic nitrogens is 6. The molecule has 2 aromatic rings. The molecule has 2 N–H and O–H groups in total. The lowest BCUT2D eigenvalue weighted by Gasteiger charge is -2.08. The molecule has 0 amide bonds. The SMILES string of the molecule is O=c1[nH]c(SCc2nnn[nH]2)nc(C(F)(F)F)c1Cl. The molecular formula is C7H4ClF3N6OS. The Morgan fingerprint density at radius 1 is 1.37 bits per heavy atom. The molecule has 0 fully saturated rings. The average molecular weight is 313 g/mol. The maximum atomic E-state index is 12.6. The molecule has 0 bridgehead atoms. The summed E-state index contributed by atoms with van der Waals surface area (Å²) in [6, 6.07) is 0. The Kier molecular flexibility index (Phi) is 3.75. The van der Waals surface area contributed by atoms with Crippen LogP contribution >= 0.6 is 23.4 Å². The van der Waals surface area contributed by atoms with E-state index < -0.39 is 22.5 Å². The third kappa shape index (κ3) is 3.23. The normalized spacial score (nSPS) is 11.8. The Morgan fingerprint density at radius 2 is 2.11 bits per heavy atom. The second kappa shape index (κ2) is 5.17. The average Bonchev–Trinajstić information content (AvgIpc) is 2.82. The molecule has 7 nitrogen and oxygen atoms in total. The van der Waals surface area contributed by atoms with Crippen LogP contribution in [0.25, 0.3) is 0 Å². The Bertz CT molecular complexity index is 627. The van der Waals surface area contributed by atoms with E-state index in [2.05, 4.69) is 30.6 Å². The first-order valence-corrected chi connectivity index (χ1v) is 5.96. The van der Waals surface area contributed by atoms with Crippen LogP contribution in [0.5, 0.6) is 0 Å². The van der Waals surface area contributed by atoms with E-state index in [4.69, 9.17) is 11.6 Å². The lowest BCUT2D eigenvalue weighted by atomic mass is 10.4. The summed E-state index contributed by atoms with van der Waals surface area (Å²) in [4.78, 5) is 16.7. The molecule has 12 heteroatoms. The van der Waals surface area contributed by atoms with E-state index in [0.29, 0.717) is 5.82 Å². The summed E-state index contributed by atoms with van der Waals surface area (Å²) < 4.78 is 37.7. The van der Waals surface area contributed by atoms with E-state index >= 15 is 0 Å². The van der Waals surface area contributed by atoms with Gasteiger partial charge in [-0.15, -0.1) is 5.10 Å². The lowest BCUT2D eigenvalue weighted by molar-refractivity contribution is -0.141. The maximum Gasteiger partial charge on any atom is 0.435 e. The molecule has 19 heavy (non-hydrogen) atoms. The van der Waals surface area contributed by atoms with E-state index in [0.717, 1.165) is 11.8 Å². The number of hydrogen-bond acceptors (Lipinski definition) is 6. The zero-order chi connectivity index (χ0) is 14.0. The molecule has 2 heterocycles. The number of alkyl halides is 3. The minimum atomic E-state index is -4.80. The second-order valence-electron chi connectivity index (χ2n) is 3.17. The lowest BCUT2D eigenvalue weighted by Crippen LogP contribution is -2.19. The molecule has 0 aliphatic heterocycles. The highest BCUT2D eigenvalue weighted by molar-refractivity contribution is 7.98. The maximum absolute atomic E-state index is 12.6. The van der Waals surface area contributed by atoms with Crippen LogP contribution in [0.15, 0.2) is 9.95 Å². The number of nitrogens with one attached hydrogen (secondary N) is 2. The number of tetrazole rings is 1. The molecule has 2 aromatic heterocycles. The molecule has 102 valence electrons. The highest BCUT2D eigenvalue weighted by Gasteiger charge is 2.37. The molecule has 0 aliphatic carbocycles. The number of hydrogen-bond donors (Lipinski definition) is 2. The van der Waals surface area contributed by atoms with Gasteiger partial charge in [0.15, 0.2) is 16.7 Å². The largest absolute Gasteiger partial charge is 0.435 e. The van der Waals surface area contributed by atoms with Gasteiger partial charge in [0.05, 0.1) is 5.75 Å².